The molecule has 3 N–H and O–H groups in total. The van der Waals surface area contributed by atoms with Gasteiger partial charge < -0.3 is 30.0 Å². The smallest absolute Gasteiger partial charge is 0.454 e. The van der Waals surface area contributed by atoms with Gasteiger partial charge in [0.1, 0.15) is 11.6 Å². The molecule has 168 valence electrons. The Bertz CT molecular complexity index is 1110. The fourth-order valence-corrected chi connectivity index (χ4v) is 2.96. The lowest BCUT2D eigenvalue weighted by Crippen LogP contribution is -2.21. The summed E-state index contributed by atoms with van der Waals surface area (Å²) in [5, 5.41) is 15.4. The Hall–Kier alpha value is -3.73. The second-order valence-electron chi connectivity index (χ2n) is 6.96. The maximum Gasteiger partial charge on any atom is 0.573 e. The first-order valence-corrected chi connectivity index (χ1v) is 9.58. The van der Waals surface area contributed by atoms with Crippen molar-refractivity contribution in [3.63, 3.8) is 0 Å². The minimum atomic E-state index is -4.81. The highest BCUT2D eigenvalue weighted by Crippen LogP contribution is 2.35. The molecule has 0 spiro atoms. The summed E-state index contributed by atoms with van der Waals surface area (Å²) in [7, 11) is 0. The van der Waals surface area contributed by atoms with Gasteiger partial charge in [-0.2, -0.15) is 4.98 Å². The van der Waals surface area contributed by atoms with E-state index in [1.807, 2.05) is 0 Å². The van der Waals surface area contributed by atoms with Crippen molar-refractivity contribution in [2.75, 3.05) is 24.0 Å². The van der Waals surface area contributed by atoms with Crippen LogP contribution in [0.2, 0.25) is 0 Å². The van der Waals surface area contributed by atoms with Crippen molar-refractivity contribution in [2.24, 2.45) is 0 Å². The maximum atomic E-state index is 12.6. The van der Waals surface area contributed by atoms with Gasteiger partial charge in [0.25, 0.3) is 0 Å². The summed E-state index contributed by atoms with van der Waals surface area (Å²) >= 11 is 0. The van der Waals surface area contributed by atoms with Crippen molar-refractivity contribution in [1.82, 2.24) is 9.97 Å². The van der Waals surface area contributed by atoms with E-state index in [0.29, 0.717) is 34.3 Å². The number of alkyl halides is 3. The molecule has 2 aromatic carbocycles. The molecule has 4 rings (SSSR count). The molecule has 0 saturated heterocycles. The Kier molecular flexibility index (Phi) is 5.91. The quantitative estimate of drug-likeness (QED) is 0.492. The van der Waals surface area contributed by atoms with Crippen LogP contribution in [0.25, 0.3) is 11.3 Å². The van der Waals surface area contributed by atoms with Gasteiger partial charge in [0, 0.05) is 29.4 Å². The number of ether oxygens (including phenoxy) is 3. The molecule has 11 heteroatoms. The standard InChI is InChI=1S/C21H19F3N4O4/c1-12(10-29)25-20-27-16(13-3-2-4-15(7-13)32-21(22,23)24)9-19(28-20)26-14-5-6-17-18(8-14)31-11-30-17/h2-9,12,29H,10-11H2,1H3,(H2,25,26,27,28)/t12-/m1/s1. The van der Waals surface area contributed by atoms with E-state index in [4.69, 9.17) is 9.47 Å². The van der Waals surface area contributed by atoms with E-state index in [9.17, 15) is 18.3 Å². The highest BCUT2D eigenvalue weighted by molar-refractivity contribution is 5.69. The van der Waals surface area contributed by atoms with Crippen molar-refractivity contribution in [3.05, 3.63) is 48.5 Å². The predicted molar refractivity (Wildman–Crippen MR) is 110 cm³/mol. The van der Waals surface area contributed by atoms with E-state index in [0.717, 1.165) is 0 Å². The summed E-state index contributed by atoms with van der Waals surface area (Å²) < 4.78 is 52.5. The summed E-state index contributed by atoms with van der Waals surface area (Å²) in [6, 6.07) is 12.0. The zero-order chi connectivity index (χ0) is 22.7. The van der Waals surface area contributed by atoms with Crippen LogP contribution in [0.15, 0.2) is 48.5 Å². The normalized spacial score (nSPS) is 13.5. The van der Waals surface area contributed by atoms with Crippen LogP contribution in [-0.4, -0.2) is 40.9 Å². The number of fused-ring (bicyclic) bond motifs is 1. The Balaban J connectivity index is 1.67. The van der Waals surface area contributed by atoms with Crippen LogP contribution in [0, 0.1) is 0 Å². The van der Waals surface area contributed by atoms with Crippen LogP contribution in [0.3, 0.4) is 0 Å². The molecule has 32 heavy (non-hydrogen) atoms. The second kappa shape index (κ2) is 8.79. The third-order valence-corrected chi connectivity index (χ3v) is 4.38. The molecule has 8 nitrogen and oxygen atoms in total. The number of halogens is 3. The Morgan fingerprint density at radius 2 is 1.91 bits per heavy atom. The van der Waals surface area contributed by atoms with Crippen LogP contribution in [0.4, 0.5) is 30.6 Å². The van der Waals surface area contributed by atoms with Crippen molar-refractivity contribution in [3.8, 4) is 28.5 Å². The number of aliphatic hydroxyl groups excluding tert-OH is 1. The Morgan fingerprint density at radius 1 is 1.09 bits per heavy atom. The van der Waals surface area contributed by atoms with Gasteiger partial charge in [0.2, 0.25) is 12.7 Å². The van der Waals surface area contributed by atoms with Gasteiger partial charge in [-0.3, -0.25) is 0 Å². The lowest BCUT2D eigenvalue weighted by molar-refractivity contribution is -0.274. The third kappa shape index (κ3) is 5.30. The van der Waals surface area contributed by atoms with Gasteiger partial charge in [-0.05, 0) is 31.2 Å². The van der Waals surface area contributed by atoms with Gasteiger partial charge in [-0.25, -0.2) is 4.98 Å². The molecule has 1 aliphatic heterocycles. The molecule has 1 aliphatic rings. The van der Waals surface area contributed by atoms with E-state index in [1.165, 1.54) is 18.2 Å². The molecule has 0 radical (unpaired) electrons. The molecular weight excluding hydrogens is 429 g/mol. The molecule has 0 bridgehead atoms. The van der Waals surface area contributed by atoms with Crippen LogP contribution in [0.1, 0.15) is 6.92 Å². The molecule has 3 aromatic rings. The number of anilines is 3. The topological polar surface area (TPSA) is 97.8 Å². The number of hydrogen-bond donors (Lipinski definition) is 3. The summed E-state index contributed by atoms with van der Waals surface area (Å²) in [5.74, 6) is 1.41. The van der Waals surface area contributed by atoms with Crippen molar-refractivity contribution in [1.29, 1.82) is 0 Å². The molecule has 1 atom stereocenters. The Morgan fingerprint density at radius 3 is 2.69 bits per heavy atom. The summed E-state index contributed by atoms with van der Waals surface area (Å²) in [6.45, 7) is 1.71. The van der Waals surface area contributed by atoms with Crippen molar-refractivity contribution >= 4 is 17.5 Å². The average molecular weight is 448 g/mol. The largest absolute Gasteiger partial charge is 0.573 e. The van der Waals surface area contributed by atoms with Gasteiger partial charge in [-0.1, -0.05) is 12.1 Å². The van der Waals surface area contributed by atoms with Crippen molar-refractivity contribution < 1.29 is 32.5 Å². The molecule has 0 fully saturated rings. The predicted octanol–water partition coefficient (Wildman–Crippen LogP) is 4.31. The highest BCUT2D eigenvalue weighted by Gasteiger charge is 2.31. The van der Waals surface area contributed by atoms with Gasteiger partial charge >= 0.3 is 6.36 Å². The Labute approximate surface area is 181 Å². The number of nitrogens with zero attached hydrogens (tertiary/aromatic N) is 2. The first kappa shape index (κ1) is 21.5. The molecule has 0 unspecified atom stereocenters. The first-order valence-electron chi connectivity index (χ1n) is 9.58. The summed E-state index contributed by atoms with van der Waals surface area (Å²) in [5.41, 5.74) is 1.40. The first-order chi connectivity index (χ1) is 15.3. The zero-order valence-corrected chi connectivity index (χ0v) is 16.8. The molecule has 1 aromatic heterocycles. The molecule has 0 aliphatic carbocycles. The fraction of sp³-hybridized carbons (Fsp3) is 0.238. The molecule has 0 saturated carbocycles. The number of nitrogens with one attached hydrogen (secondary N) is 2. The minimum Gasteiger partial charge on any atom is -0.454 e. The summed E-state index contributed by atoms with van der Waals surface area (Å²) in [4.78, 5) is 8.76. The zero-order valence-electron chi connectivity index (χ0n) is 16.8. The highest BCUT2D eigenvalue weighted by atomic mass is 19.4. The maximum absolute atomic E-state index is 12.6. The van der Waals surface area contributed by atoms with Gasteiger partial charge in [0.15, 0.2) is 11.5 Å². The SMILES string of the molecule is C[C@H](CO)Nc1nc(Nc2ccc3c(c2)OCO3)cc(-c2cccc(OC(F)(F)F)c2)n1. The summed E-state index contributed by atoms with van der Waals surface area (Å²) in [6.07, 6.45) is -4.81. The van der Waals surface area contributed by atoms with Crippen LogP contribution < -0.4 is 24.8 Å². The van der Waals surface area contributed by atoms with E-state index in [2.05, 4.69) is 25.3 Å². The second-order valence-corrected chi connectivity index (χ2v) is 6.96. The third-order valence-electron chi connectivity index (χ3n) is 4.38. The average Bonchev–Trinajstić information content (AvgIpc) is 3.20. The lowest BCUT2D eigenvalue weighted by atomic mass is 10.1. The molecule has 2 heterocycles. The number of aliphatic hydroxyl groups is 1. The van der Waals surface area contributed by atoms with E-state index < -0.39 is 6.36 Å². The molecule has 0 amide bonds. The lowest BCUT2D eigenvalue weighted by Gasteiger charge is -2.15. The van der Waals surface area contributed by atoms with Crippen molar-refractivity contribution in [2.45, 2.75) is 19.3 Å². The van der Waals surface area contributed by atoms with E-state index in [-0.39, 0.29) is 31.1 Å². The van der Waals surface area contributed by atoms with Crippen LogP contribution in [0.5, 0.6) is 17.2 Å². The van der Waals surface area contributed by atoms with Gasteiger partial charge in [0.05, 0.1) is 12.3 Å². The van der Waals surface area contributed by atoms with E-state index in [1.54, 1.807) is 37.3 Å². The number of benzene rings is 2. The molecular formula is C21H19F3N4O4. The monoisotopic (exact) mass is 448 g/mol. The number of rotatable bonds is 7. The number of hydrogen-bond acceptors (Lipinski definition) is 8. The minimum absolute atomic E-state index is 0.139. The van der Waals surface area contributed by atoms with Crippen LogP contribution >= 0.6 is 0 Å². The fourth-order valence-electron chi connectivity index (χ4n) is 2.96. The van der Waals surface area contributed by atoms with Gasteiger partial charge in [-0.15, -0.1) is 13.2 Å². The number of aromatic nitrogens is 2. The van der Waals surface area contributed by atoms with E-state index >= 15 is 0 Å². The van der Waals surface area contributed by atoms with Crippen LogP contribution in [-0.2, 0) is 0 Å².